The zero-order valence-electron chi connectivity index (χ0n) is 15.6. The van der Waals surface area contributed by atoms with Gasteiger partial charge in [-0.1, -0.05) is 31.2 Å². The van der Waals surface area contributed by atoms with Crippen LogP contribution in [0.4, 0.5) is 10.3 Å². The van der Waals surface area contributed by atoms with Gasteiger partial charge in [0.2, 0.25) is 5.95 Å². The van der Waals surface area contributed by atoms with Crippen LogP contribution in [0.1, 0.15) is 28.7 Å². The average Bonchev–Trinajstić information content (AvgIpc) is 3.16. The number of primary amides is 1. The number of H-pyrrole nitrogens is 1. The van der Waals surface area contributed by atoms with Gasteiger partial charge in [0.1, 0.15) is 22.9 Å². The highest BCUT2D eigenvalue weighted by Gasteiger charge is 2.17. The van der Waals surface area contributed by atoms with Crippen LogP contribution in [0.3, 0.4) is 0 Å². The summed E-state index contributed by atoms with van der Waals surface area (Å²) in [5.41, 5.74) is 7.54. The first-order valence-corrected chi connectivity index (χ1v) is 9.05. The summed E-state index contributed by atoms with van der Waals surface area (Å²) in [6.45, 7) is 2.30. The van der Waals surface area contributed by atoms with Crippen LogP contribution < -0.4 is 11.1 Å². The van der Waals surface area contributed by atoms with E-state index in [4.69, 9.17) is 5.73 Å². The smallest absolute Gasteiger partial charge is 0.250 e. The minimum Gasteiger partial charge on any atom is -0.366 e. The molecule has 29 heavy (non-hydrogen) atoms. The molecule has 0 unspecified atom stereocenters. The van der Waals surface area contributed by atoms with Gasteiger partial charge in [0.15, 0.2) is 5.82 Å². The van der Waals surface area contributed by atoms with Gasteiger partial charge in [0, 0.05) is 18.4 Å². The molecule has 0 radical (unpaired) electrons. The number of aromatic nitrogens is 5. The first-order chi connectivity index (χ1) is 14.0. The summed E-state index contributed by atoms with van der Waals surface area (Å²) in [6.07, 6.45) is 0.600. The van der Waals surface area contributed by atoms with Crippen LogP contribution in [0.15, 0.2) is 42.5 Å². The highest BCUT2D eigenvalue weighted by Crippen LogP contribution is 2.26. The highest BCUT2D eigenvalue weighted by molar-refractivity contribution is 6.07. The van der Waals surface area contributed by atoms with Crippen molar-refractivity contribution in [3.8, 4) is 11.5 Å². The number of aromatic amines is 1. The summed E-state index contributed by atoms with van der Waals surface area (Å²) in [6, 6.07) is 11.5. The van der Waals surface area contributed by atoms with E-state index in [9.17, 15) is 9.18 Å². The second-order valence-corrected chi connectivity index (χ2v) is 6.40. The van der Waals surface area contributed by atoms with E-state index in [-0.39, 0.29) is 5.82 Å². The number of benzene rings is 2. The number of nitrogens with one attached hydrogen (secondary N) is 2. The number of para-hydroxylation sites is 1. The number of halogens is 1. The molecule has 0 saturated carbocycles. The molecule has 4 N–H and O–H groups in total. The lowest BCUT2D eigenvalue weighted by Gasteiger charge is -2.08. The number of carbonyl (C=O) groups excluding carboxylic acids is 1. The van der Waals surface area contributed by atoms with Crippen LogP contribution >= 0.6 is 0 Å². The number of hydrogen-bond donors (Lipinski definition) is 3. The molecule has 1 amide bonds. The minimum atomic E-state index is -0.559. The number of nitrogens with zero attached hydrogens (tertiary/aromatic N) is 4. The molecule has 146 valence electrons. The summed E-state index contributed by atoms with van der Waals surface area (Å²) in [4.78, 5) is 25.0. The number of amides is 1. The van der Waals surface area contributed by atoms with E-state index in [1.807, 2.05) is 19.1 Å². The van der Waals surface area contributed by atoms with Gasteiger partial charge in [-0.2, -0.15) is 15.1 Å². The SMILES string of the molecule is CCc1nc(NCc2cccc(F)c2)nc(-c2[nH]nc3c(C(N)=O)cccc23)n1. The first kappa shape index (κ1) is 18.5. The van der Waals surface area contributed by atoms with Crippen molar-refractivity contribution in [1.82, 2.24) is 25.1 Å². The summed E-state index contributed by atoms with van der Waals surface area (Å²) < 4.78 is 13.4. The molecule has 0 aliphatic heterocycles. The zero-order chi connectivity index (χ0) is 20.4. The molecule has 2 aromatic heterocycles. The van der Waals surface area contributed by atoms with Crippen molar-refractivity contribution in [3.05, 3.63) is 65.2 Å². The molecule has 2 aromatic carbocycles. The lowest BCUT2D eigenvalue weighted by atomic mass is 10.1. The maximum Gasteiger partial charge on any atom is 0.250 e. The normalized spacial score (nSPS) is 11.0. The number of anilines is 1. The van der Waals surface area contributed by atoms with Crippen LogP contribution in [0.25, 0.3) is 22.4 Å². The second-order valence-electron chi connectivity index (χ2n) is 6.40. The van der Waals surface area contributed by atoms with E-state index in [1.165, 1.54) is 12.1 Å². The molecule has 2 heterocycles. The summed E-state index contributed by atoms with van der Waals surface area (Å²) in [5, 5.41) is 10.9. The van der Waals surface area contributed by atoms with E-state index in [0.29, 0.717) is 52.7 Å². The molecule has 9 heteroatoms. The van der Waals surface area contributed by atoms with E-state index in [2.05, 4.69) is 30.5 Å². The summed E-state index contributed by atoms with van der Waals surface area (Å²) in [5.74, 6) is 0.484. The van der Waals surface area contributed by atoms with Gasteiger partial charge in [-0.3, -0.25) is 9.89 Å². The molecule has 8 nitrogen and oxygen atoms in total. The van der Waals surface area contributed by atoms with Gasteiger partial charge >= 0.3 is 0 Å². The second kappa shape index (κ2) is 7.63. The standard InChI is InChI=1S/C20H18FN7O/c1-2-15-24-19(17-13-7-4-8-14(18(22)29)16(13)27-28-17)26-20(25-15)23-10-11-5-3-6-12(21)9-11/h3-9H,2,10H2,1H3,(H2,22,29)(H,27,28)(H,23,24,25,26). The first-order valence-electron chi connectivity index (χ1n) is 9.05. The third-order valence-electron chi connectivity index (χ3n) is 4.41. The van der Waals surface area contributed by atoms with Crippen molar-refractivity contribution >= 4 is 22.8 Å². The van der Waals surface area contributed by atoms with Gasteiger partial charge in [-0.15, -0.1) is 0 Å². The number of nitrogens with two attached hydrogens (primary N) is 1. The number of fused-ring (bicyclic) bond motifs is 1. The quantitative estimate of drug-likeness (QED) is 0.464. The monoisotopic (exact) mass is 391 g/mol. The Bertz CT molecular complexity index is 1200. The Kier molecular flexibility index (Phi) is 4.86. The maximum atomic E-state index is 13.4. The fourth-order valence-electron chi connectivity index (χ4n) is 3.00. The van der Waals surface area contributed by atoms with Crippen LogP contribution in [-0.4, -0.2) is 31.1 Å². The summed E-state index contributed by atoms with van der Waals surface area (Å²) in [7, 11) is 0. The lowest BCUT2D eigenvalue weighted by Crippen LogP contribution is -2.11. The Morgan fingerprint density at radius 2 is 2.00 bits per heavy atom. The van der Waals surface area contributed by atoms with Gasteiger partial charge < -0.3 is 11.1 Å². The predicted molar refractivity (Wildman–Crippen MR) is 107 cm³/mol. The fraction of sp³-hybridized carbons (Fsp3) is 0.150. The van der Waals surface area contributed by atoms with Crippen LogP contribution in [-0.2, 0) is 13.0 Å². The number of aryl methyl sites for hydroxylation is 1. The van der Waals surface area contributed by atoms with Gasteiger partial charge in [0.25, 0.3) is 5.91 Å². The van der Waals surface area contributed by atoms with Gasteiger partial charge in [-0.25, -0.2) is 9.37 Å². The van der Waals surface area contributed by atoms with E-state index in [0.717, 1.165) is 5.56 Å². The maximum absolute atomic E-state index is 13.4. The van der Waals surface area contributed by atoms with Crippen molar-refractivity contribution < 1.29 is 9.18 Å². The molecule has 0 bridgehead atoms. The lowest BCUT2D eigenvalue weighted by molar-refractivity contribution is 0.100. The molecule has 0 saturated heterocycles. The average molecular weight is 391 g/mol. The highest BCUT2D eigenvalue weighted by atomic mass is 19.1. The van der Waals surface area contributed by atoms with Crippen LogP contribution in [0, 0.1) is 5.82 Å². The van der Waals surface area contributed by atoms with E-state index < -0.39 is 5.91 Å². The molecular weight excluding hydrogens is 373 g/mol. The number of rotatable bonds is 6. The van der Waals surface area contributed by atoms with Crippen LogP contribution in [0.5, 0.6) is 0 Å². The Morgan fingerprint density at radius 1 is 1.17 bits per heavy atom. The Balaban J connectivity index is 1.71. The van der Waals surface area contributed by atoms with Gasteiger partial charge in [-0.05, 0) is 23.8 Å². The minimum absolute atomic E-state index is 0.302. The number of carbonyl (C=O) groups is 1. The predicted octanol–water partition coefficient (Wildman–Crippen LogP) is 2.83. The van der Waals surface area contributed by atoms with Crippen molar-refractivity contribution in [2.45, 2.75) is 19.9 Å². The van der Waals surface area contributed by atoms with Crippen molar-refractivity contribution in [3.63, 3.8) is 0 Å². The van der Waals surface area contributed by atoms with E-state index >= 15 is 0 Å². The molecule has 4 rings (SSSR count). The number of hydrogen-bond acceptors (Lipinski definition) is 6. The van der Waals surface area contributed by atoms with Crippen molar-refractivity contribution in [2.24, 2.45) is 5.73 Å². The Labute approximate surface area is 165 Å². The van der Waals surface area contributed by atoms with Crippen LogP contribution in [0.2, 0.25) is 0 Å². The molecule has 0 fully saturated rings. The molecule has 4 aromatic rings. The molecule has 0 aliphatic rings. The third kappa shape index (κ3) is 3.75. The zero-order valence-corrected chi connectivity index (χ0v) is 15.6. The van der Waals surface area contributed by atoms with Crippen molar-refractivity contribution in [1.29, 1.82) is 0 Å². The van der Waals surface area contributed by atoms with E-state index in [1.54, 1.807) is 18.2 Å². The molecule has 0 aliphatic carbocycles. The Morgan fingerprint density at radius 3 is 2.76 bits per heavy atom. The summed E-state index contributed by atoms with van der Waals surface area (Å²) >= 11 is 0. The topological polar surface area (TPSA) is 122 Å². The largest absolute Gasteiger partial charge is 0.366 e. The molecule has 0 atom stereocenters. The molecular formula is C20H18FN7O. The Hall–Kier alpha value is -3.88. The molecule has 0 spiro atoms. The van der Waals surface area contributed by atoms with Crippen molar-refractivity contribution in [2.75, 3.05) is 5.32 Å². The third-order valence-corrected chi connectivity index (χ3v) is 4.41. The van der Waals surface area contributed by atoms with Gasteiger partial charge in [0.05, 0.1) is 5.56 Å². The fourth-order valence-corrected chi connectivity index (χ4v) is 3.00.